The van der Waals surface area contributed by atoms with Gasteiger partial charge in [0.05, 0.1) is 101 Å². The average Bonchev–Trinajstić information content (AvgIpc) is 4.09. The zero-order valence-corrected chi connectivity index (χ0v) is 52.3. The van der Waals surface area contributed by atoms with Crippen LogP contribution in [0.25, 0.3) is 89.7 Å². The second kappa shape index (κ2) is 25.7. The molecular weight excluding hydrogens is 1160 g/mol. The van der Waals surface area contributed by atoms with Crippen molar-refractivity contribution in [1.82, 2.24) is 39.9 Å². The molecule has 0 fully saturated rings. The van der Waals surface area contributed by atoms with Crippen LogP contribution < -0.4 is 9.97 Å². The van der Waals surface area contributed by atoms with E-state index in [2.05, 4.69) is 0 Å². The van der Waals surface area contributed by atoms with Gasteiger partial charge < -0.3 is 66.1 Å². The van der Waals surface area contributed by atoms with Crippen molar-refractivity contribution in [2.45, 2.75) is 108 Å². The summed E-state index contributed by atoms with van der Waals surface area (Å²) in [6.45, 7) is 23.4. The molecule has 0 radical (unpaired) electrons. The van der Waals surface area contributed by atoms with Gasteiger partial charge in [0, 0.05) is 44.8 Å². The van der Waals surface area contributed by atoms with Crippen molar-refractivity contribution in [3.8, 4) is 45.6 Å². The molecule has 2 aliphatic rings. The minimum absolute atomic E-state index is 0. The fourth-order valence-corrected chi connectivity index (χ4v) is 17.3. The monoisotopic (exact) mass is 1230 g/mol. The van der Waals surface area contributed by atoms with E-state index in [-0.39, 0.29) is 140 Å². The van der Waals surface area contributed by atoms with E-state index in [0.717, 1.165) is 22.3 Å². The van der Waals surface area contributed by atoms with Crippen LogP contribution in [0.1, 0.15) is 99.9 Å². The molecule has 9 rings (SSSR count). The summed E-state index contributed by atoms with van der Waals surface area (Å²) < 4.78 is 103. The van der Waals surface area contributed by atoms with Crippen LogP contribution in [0.3, 0.4) is 0 Å². The van der Waals surface area contributed by atoms with Gasteiger partial charge in [-0.05, 0) is 186 Å². The molecule has 0 saturated carbocycles. The molecular formula is C56H68N8NiO12P4. The van der Waals surface area contributed by atoms with Gasteiger partial charge in [0.1, 0.15) is 0 Å². The molecule has 2 aliphatic heterocycles. The van der Waals surface area contributed by atoms with Crippen molar-refractivity contribution >= 4 is 74.5 Å². The van der Waals surface area contributed by atoms with Gasteiger partial charge >= 0.3 is 46.9 Å². The molecule has 4 aromatic carbocycles. The summed E-state index contributed by atoms with van der Waals surface area (Å²) in [4.78, 5) is 41.5. The first-order chi connectivity index (χ1) is 38.2. The van der Waals surface area contributed by atoms with Crippen molar-refractivity contribution in [2.75, 3.05) is 52.9 Å². The quantitative estimate of drug-likeness (QED) is 0.0403. The molecule has 81 heavy (non-hydrogen) atoms. The van der Waals surface area contributed by atoms with Crippen LogP contribution >= 0.6 is 30.4 Å². The van der Waals surface area contributed by atoms with E-state index in [4.69, 9.17) is 76.1 Å². The van der Waals surface area contributed by atoms with Crippen molar-refractivity contribution in [1.29, 1.82) is 0 Å². The van der Waals surface area contributed by atoms with Gasteiger partial charge in [-0.25, -0.2) is 9.97 Å². The molecule has 0 unspecified atom stereocenters. The Balaban J connectivity index is 0.00000860. The van der Waals surface area contributed by atoms with Crippen LogP contribution in [0.4, 0.5) is 0 Å². The molecule has 0 aliphatic carbocycles. The summed E-state index contributed by atoms with van der Waals surface area (Å²) >= 11 is 0. The Bertz CT molecular complexity index is 3640. The first-order valence-corrected chi connectivity index (χ1v) is 33.9. The fourth-order valence-electron chi connectivity index (χ4n) is 10.1. The normalized spacial score (nSPS) is 12.8. The Kier molecular flexibility index (Phi) is 19.8. The largest absolute Gasteiger partial charge is 2.00 e. The molecule has 20 nitrogen and oxygen atoms in total. The van der Waals surface area contributed by atoms with Crippen molar-refractivity contribution in [3.63, 3.8) is 0 Å². The number of hydrogen-bond acceptors (Lipinski definition) is 18. The number of nitrogens with zero attached hydrogens (tertiary/aromatic N) is 8. The second-order valence-corrected chi connectivity index (χ2v) is 27.4. The smallest absolute Gasteiger partial charge is 0.357 e. The third-order valence-electron chi connectivity index (χ3n) is 13.6. The van der Waals surface area contributed by atoms with E-state index in [1.54, 1.807) is 55.4 Å². The number of benzene rings is 4. The van der Waals surface area contributed by atoms with Crippen molar-refractivity contribution < 1.29 is 70.9 Å². The van der Waals surface area contributed by atoms with Gasteiger partial charge in [-0.15, -0.1) is 0 Å². The zero-order chi connectivity index (χ0) is 57.3. The minimum atomic E-state index is -3.59. The maximum atomic E-state index is 14.1. The van der Waals surface area contributed by atoms with Gasteiger partial charge in [0.25, 0.3) is 0 Å². The number of hydrogen-bond donors (Lipinski definition) is 0. The van der Waals surface area contributed by atoms with E-state index in [1.807, 2.05) is 76.2 Å². The van der Waals surface area contributed by atoms with Crippen LogP contribution in [-0.2, 0) is 95.6 Å². The average molecular weight is 1230 g/mol. The maximum Gasteiger partial charge on any atom is 2.00 e. The van der Waals surface area contributed by atoms with Gasteiger partial charge in [-0.1, -0.05) is 12.1 Å². The van der Waals surface area contributed by atoms with E-state index in [9.17, 15) is 18.3 Å². The summed E-state index contributed by atoms with van der Waals surface area (Å²) in [6.07, 6.45) is -0.0533. The molecule has 8 bridgehead atoms. The third kappa shape index (κ3) is 13.2. The van der Waals surface area contributed by atoms with E-state index < -0.39 is 30.4 Å². The van der Waals surface area contributed by atoms with E-state index >= 15 is 0 Å². The Labute approximate surface area is 482 Å². The molecule has 0 amide bonds. The fraction of sp³-hybridized carbons (Fsp3) is 0.429. The zero-order valence-electron chi connectivity index (χ0n) is 47.7. The topological polar surface area (TPSA) is 248 Å². The molecule has 5 heterocycles. The first kappa shape index (κ1) is 62.4. The van der Waals surface area contributed by atoms with Gasteiger partial charge in [-0.3, -0.25) is 18.3 Å². The first-order valence-electron chi connectivity index (χ1n) is 27.0. The second-order valence-electron chi connectivity index (χ2n) is 19.2. The number of aromatic nitrogens is 8. The van der Waals surface area contributed by atoms with Crippen LogP contribution in [0, 0.1) is 27.7 Å². The Hall–Kier alpha value is -4.67. The van der Waals surface area contributed by atoms with Crippen molar-refractivity contribution in [2.24, 2.45) is 0 Å². The van der Waals surface area contributed by atoms with E-state index in [0.29, 0.717) is 66.1 Å². The summed E-state index contributed by atoms with van der Waals surface area (Å²) in [5, 5.41) is 2.39. The molecule has 0 saturated heterocycles. The Morgan fingerprint density at radius 3 is 0.778 bits per heavy atom. The summed E-state index contributed by atoms with van der Waals surface area (Å²) in [6, 6.07) is 15.3. The summed E-state index contributed by atoms with van der Waals surface area (Å²) in [5.74, 6) is 1.06. The minimum Gasteiger partial charge on any atom is -0.357 e. The molecule has 0 N–H and O–H groups in total. The number of rotatable bonds is 24. The van der Waals surface area contributed by atoms with Crippen LogP contribution in [0.2, 0.25) is 0 Å². The third-order valence-corrected chi connectivity index (χ3v) is 21.7. The number of fused-ring (bicyclic) bond motifs is 20. The molecule has 0 atom stereocenters. The predicted molar refractivity (Wildman–Crippen MR) is 311 cm³/mol. The molecule has 25 heteroatoms. The summed E-state index contributed by atoms with van der Waals surface area (Å²) in [5.41, 5.74) is 9.36. The Morgan fingerprint density at radius 2 is 0.531 bits per heavy atom. The SMILES string of the molecule is CCOP(=O)(Cc1cc2c(cc1C)-c1nc-2nc2[n-]c(nc3nc(nc4[n-]c(n1)c1cc(CP(=O)(OCC)OCC)c(C)cc41)-c1cc(CP(=O)(OCC)OCC)c(C)cc1-3)c1cc(CP(=O)(OCC)OCC)c(C)cc21)OCC.[Ni+2]. The standard InChI is InChI=1S/C56H68N8O12P4.Ni/c1-13-69-77(65,70-14-2)29-37-25-45-41(21-33(37)9)49-57-53(45)61-50-42-22-34(10)38(30-78(66,71-15-3)72-16-4)26-46(42)55(58-50)63-52-44-24-36(12)40(32-80(68,75-19-7)76-20-8)28-48(44)56(60-52)64-51-43-23-35(11)39(27-47(43)54(59-51)62-49)31-79(67,73-17-5)74-18-6;/h21-28H,13-20,29-32H2,1-12H3;/q-2;+2. The molecule has 0 spiro atoms. The van der Waals surface area contributed by atoms with E-state index in [1.165, 1.54) is 0 Å². The van der Waals surface area contributed by atoms with Gasteiger partial charge in [-0.2, -0.15) is 0 Å². The predicted octanol–water partition coefficient (Wildman–Crippen LogP) is 14.4. The van der Waals surface area contributed by atoms with Crippen molar-refractivity contribution in [3.05, 3.63) is 93.0 Å². The van der Waals surface area contributed by atoms with Gasteiger partial charge in [0.15, 0.2) is 0 Å². The van der Waals surface area contributed by atoms with Crippen LogP contribution in [-0.4, -0.2) is 82.8 Å². The summed E-state index contributed by atoms with van der Waals surface area (Å²) in [7, 11) is -14.3. The molecule has 3 aromatic heterocycles. The number of aryl methyl sites for hydroxylation is 4. The molecule has 7 aromatic rings. The molecule has 434 valence electrons. The maximum absolute atomic E-state index is 14.1. The van der Waals surface area contributed by atoms with Crippen LogP contribution in [0.5, 0.6) is 0 Å². The Morgan fingerprint density at radius 1 is 0.321 bits per heavy atom. The van der Waals surface area contributed by atoms with Crippen LogP contribution in [0.15, 0.2) is 48.5 Å². The van der Waals surface area contributed by atoms with Gasteiger partial charge in [0.2, 0.25) is 0 Å².